The summed E-state index contributed by atoms with van der Waals surface area (Å²) in [5.74, 6) is 1.61. The highest BCUT2D eigenvalue weighted by molar-refractivity contribution is 5.87. The zero-order valence-corrected chi connectivity index (χ0v) is 13.9. The minimum Gasteiger partial charge on any atom is -0.477 e. The van der Waals surface area contributed by atoms with Gasteiger partial charge in [-0.2, -0.15) is 15.3 Å². The Labute approximate surface area is 145 Å². The first kappa shape index (κ1) is 17.1. The summed E-state index contributed by atoms with van der Waals surface area (Å²) >= 11 is 0. The zero-order chi connectivity index (χ0) is 17.9. The Hall–Kier alpha value is -2.69. The number of carboxylic acid groups (broad SMARTS) is 1. The molecule has 2 aliphatic rings. The molecule has 1 atom stereocenters. The standard InChI is InChI=1S/C17H21N5O3/c1-2-3-7-17(20-21-17)8-6-14(23)22-9-4-5-12(11-22)13-10-18-19-15(13)16(24)25/h1,10,12H,3-9,11H2,(H,18,19)(H,24,25). The van der Waals surface area contributed by atoms with Crippen molar-refractivity contribution in [3.63, 3.8) is 0 Å². The molecule has 0 spiro atoms. The van der Waals surface area contributed by atoms with Crippen molar-refractivity contribution in [1.29, 1.82) is 0 Å². The van der Waals surface area contributed by atoms with E-state index in [1.165, 1.54) is 0 Å². The second-order valence-corrected chi connectivity index (χ2v) is 6.57. The number of rotatable bonds is 7. The molecule has 1 aromatic rings. The maximum Gasteiger partial charge on any atom is 0.354 e. The highest BCUT2D eigenvalue weighted by atomic mass is 16.4. The molecule has 0 aromatic carbocycles. The smallest absolute Gasteiger partial charge is 0.354 e. The number of nitrogens with zero attached hydrogens (tertiary/aromatic N) is 4. The van der Waals surface area contributed by atoms with Crippen LogP contribution in [0.25, 0.3) is 0 Å². The molecule has 3 rings (SSSR count). The number of hydrogen-bond donors (Lipinski definition) is 2. The molecule has 8 heteroatoms. The van der Waals surface area contributed by atoms with Gasteiger partial charge in [0.25, 0.3) is 0 Å². The third-order valence-electron chi connectivity index (χ3n) is 4.89. The summed E-state index contributed by atoms with van der Waals surface area (Å²) in [5, 5.41) is 23.7. The summed E-state index contributed by atoms with van der Waals surface area (Å²) in [6, 6.07) is 0. The Morgan fingerprint density at radius 3 is 2.92 bits per heavy atom. The molecule has 0 bridgehead atoms. The summed E-state index contributed by atoms with van der Waals surface area (Å²) in [7, 11) is 0. The molecule has 3 heterocycles. The van der Waals surface area contributed by atoms with Crippen molar-refractivity contribution in [3.8, 4) is 12.3 Å². The number of hydrogen-bond acceptors (Lipinski definition) is 5. The topological polar surface area (TPSA) is 111 Å². The summed E-state index contributed by atoms with van der Waals surface area (Å²) < 4.78 is 0. The molecular weight excluding hydrogens is 322 g/mol. The van der Waals surface area contributed by atoms with E-state index < -0.39 is 11.6 Å². The Morgan fingerprint density at radius 2 is 2.24 bits per heavy atom. The van der Waals surface area contributed by atoms with Crippen LogP contribution in [-0.4, -0.2) is 50.8 Å². The highest BCUT2D eigenvalue weighted by Gasteiger charge is 2.40. The lowest BCUT2D eigenvalue weighted by molar-refractivity contribution is -0.132. The molecule has 1 aromatic heterocycles. The van der Waals surface area contributed by atoms with Crippen LogP contribution in [0.5, 0.6) is 0 Å². The maximum absolute atomic E-state index is 12.5. The molecule has 0 aliphatic carbocycles. The molecular formula is C17H21N5O3. The van der Waals surface area contributed by atoms with E-state index in [0.717, 1.165) is 12.8 Å². The monoisotopic (exact) mass is 343 g/mol. The normalized spacial score (nSPS) is 20.9. The molecule has 8 nitrogen and oxygen atoms in total. The molecule has 2 N–H and O–H groups in total. The largest absolute Gasteiger partial charge is 0.477 e. The van der Waals surface area contributed by atoms with Crippen LogP contribution in [0.2, 0.25) is 0 Å². The van der Waals surface area contributed by atoms with Crippen molar-refractivity contribution in [1.82, 2.24) is 15.1 Å². The third-order valence-corrected chi connectivity index (χ3v) is 4.89. The fourth-order valence-electron chi connectivity index (χ4n) is 3.37. The molecule has 0 saturated carbocycles. The first-order valence-corrected chi connectivity index (χ1v) is 8.46. The Kier molecular flexibility index (Phi) is 4.83. The van der Waals surface area contributed by atoms with Crippen LogP contribution >= 0.6 is 0 Å². The number of aromatic nitrogens is 2. The number of likely N-dealkylation sites (tertiary alicyclic amines) is 1. The Balaban J connectivity index is 1.56. The lowest BCUT2D eigenvalue weighted by atomic mass is 9.90. The number of piperidine rings is 1. The Bertz CT molecular complexity index is 727. The number of nitrogens with one attached hydrogen (secondary N) is 1. The van der Waals surface area contributed by atoms with E-state index in [9.17, 15) is 14.7 Å². The number of carbonyl (C=O) groups excluding carboxylic acids is 1. The van der Waals surface area contributed by atoms with Crippen molar-refractivity contribution in [2.24, 2.45) is 10.2 Å². The highest BCUT2D eigenvalue weighted by Crippen LogP contribution is 2.38. The van der Waals surface area contributed by atoms with Gasteiger partial charge in [-0.15, -0.1) is 12.3 Å². The van der Waals surface area contributed by atoms with Crippen LogP contribution in [-0.2, 0) is 4.79 Å². The zero-order valence-electron chi connectivity index (χ0n) is 13.9. The average molecular weight is 343 g/mol. The lowest BCUT2D eigenvalue weighted by Crippen LogP contribution is -2.39. The number of carboxylic acids is 1. The van der Waals surface area contributed by atoms with Gasteiger partial charge in [0.2, 0.25) is 5.91 Å². The van der Waals surface area contributed by atoms with Gasteiger partial charge in [0, 0.05) is 50.3 Å². The van der Waals surface area contributed by atoms with Crippen molar-refractivity contribution in [2.75, 3.05) is 13.1 Å². The first-order valence-electron chi connectivity index (χ1n) is 8.46. The number of H-pyrrole nitrogens is 1. The van der Waals surface area contributed by atoms with E-state index in [1.807, 2.05) is 4.90 Å². The van der Waals surface area contributed by atoms with Gasteiger partial charge < -0.3 is 10.0 Å². The van der Waals surface area contributed by atoms with E-state index in [1.54, 1.807) is 6.20 Å². The second kappa shape index (κ2) is 7.05. The molecule has 2 aliphatic heterocycles. The minimum atomic E-state index is -1.02. The van der Waals surface area contributed by atoms with Crippen LogP contribution in [0.15, 0.2) is 16.4 Å². The molecule has 1 fully saturated rings. The van der Waals surface area contributed by atoms with Gasteiger partial charge >= 0.3 is 5.97 Å². The summed E-state index contributed by atoms with van der Waals surface area (Å²) in [6.07, 6.45) is 10.8. The van der Waals surface area contributed by atoms with Crippen molar-refractivity contribution in [3.05, 3.63) is 17.5 Å². The number of amides is 1. The van der Waals surface area contributed by atoms with Gasteiger partial charge in [-0.1, -0.05) is 0 Å². The van der Waals surface area contributed by atoms with E-state index >= 15 is 0 Å². The molecule has 0 radical (unpaired) electrons. The van der Waals surface area contributed by atoms with Gasteiger partial charge in [-0.05, 0) is 12.8 Å². The summed E-state index contributed by atoms with van der Waals surface area (Å²) in [6.45, 7) is 1.21. The number of carbonyl (C=O) groups is 2. The number of terminal acetylenes is 1. The average Bonchev–Trinajstić information content (AvgIpc) is 3.21. The SMILES string of the molecule is C#CCCC1(CCC(=O)N2CCCC(c3cn[nH]c3C(=O)O)C2)N=N1. The fourth-order valence-corrected chi connectivity index (χ4v) is 3.37. The molecule has 1 saturated heterocycles. The van der Waals surface area contributed by atoms with E-state index in [4.69, 9.17) is 6.42 Å². The summed E-state index contributed by atoms with van der Waals surface area (Å²) in [4.78, 5) is 25.6. The first-order chi connectivity index (χ1) is 12.0. The van der Waals surface area contributed by atoms with Crippen molar-refractivity contribution in [2.45, 2.75) is 50.1 Å². The predicted octanol–water partition coefficient (Wildman–Crippen LogP) is 2.17. The third kappa shape index (κ3) is 3.87. The second-order valence-electron chi connectivity index (χ2n) is 6.57. The van der Waals surface area contributed by atoms with Gasteiger partial charge in [0.1, 0.15) is 5.69 Å². The quantitative estimate of drug-likeness (QED) is 0.739. The van der Waals surface area contributed by atoms with Crippen molar-refractivity contribution >= 4 is 11.9 Å². The lowest BCUT2D eigenvalue weighted by Gasteiger charge is -2.33. The van der Waals surface area contributed by atoms with E-state index in [2.05, 4.69) is 26.3 Å². The molecule has 1 unspecified atom stereocenters. The van der Waals surface area contributed by atoms with Crippen LogP contribution < -0.4 is 0 Å². The summed E-state index contributed by atoms with van der Waals surface area (Å²) in [5.41, 5.74) is 0.337. The Morgan fingerprint density at radius 1 is 1.44 bits per heavy atom. The van der Waals surface area contributed by atoms with Gasteiger partial charge in [-0.25, -0.2) is 4.79 Å². The fraction of sp³-hybridized carbons (Fsp3) is 0.588. The number of aromatic carboxylic acids is 1. The van der Waals surface area contributed by atoms with Crippen LogP contribution in [0.1, 0.15) is 60.5 Å². The van der Waals surface area contributed by atoms with Crippen molar-refractivity contribution < 1.29 is 14.7 Å². The van der Waals surface area contributed by atoms with Gasteiger partial charge in [0.15, 0.2) is 5.66 Å². The predicted molar refractivity (Wildman–Crippen MR) is 89.0 cm³/mol. The number of aromatic amines is 1. The van der Waals surface area contributed by atoms with Crippen LogP contribution in [0.3, 0.4) is 0 Å². The van der Waals surface area contributed by atoms with Gasteiger partial charge in [0.05, 0.1) is 6.20 Å². The van der Waals surface area contributed by atoms with Crippen LogP contribution in [0, 0.1) is 12.3 Å². The van der Waals surface area contributed by atoms with E-state index in [0.29, 0.717) is 44.3 Å². The molecule has 132 valence electrons. The maximum atomic E-state index is 12.5. The minimum absolute atomic E-state index is 0.00625. The van der Waals surface area contributed by atoms with Gasteiger partial charge in [-0.3, -0.25) is 9.89 Å². The molecule has 25 heavy (non-hydrogen) atoms. The van der Waals surface area contributed by atoms with E-state index in [-0.39, 0.29) is 17.5 Å². The molecule has 1 amide bonds. The van der Waals surface area contributed by atoms with Crippen LogP contribution in [0.4, 0.5) is 0 Å².